The van der Waals surface area contributed by atoms with E-state index in [1.165, 1.54) is 0 Å². The minimum Gasteiger partial charge on any atom is -0.326 e. The summed E-state index contributed by atoms with van der Waals surface area (Å²) < 4.78 is 22.3. The lowest BCUT2D eigenvalue weighted by Crippen LogP contribution is -2.51. The molecule has 0 heterocycles. The number of hydrogen-bond acceptors (Lipinski definition) is 4. The summed E-state index contributed by atoms with van der Waals surface area (Å²) in [5, 5.41) is 7.88. The van der Waals surface area contributed by atoms with Crippen molar-refractivity contribution in [3.8, 4) is 0 Å². The van der Waals surface area contributed by atoms with Gasteiger partial charge in [0.1, 0.15) is 0 Å². The zero-order chi connectivity index (χ0) is 16.4. The molecule has 1 aliphatic rings. The SMILES string of the molecule is CC1(N)CCCCC1C(=O)Nc1cccc(CS(N)(=O)=O)c1. The molecule has 1 aromatic rings. The third kappa shape index (κ3) is 4.53. The van der Waals surface area contributed by atoms with Crippen molar-refractivity contribution in [3.05, 3.63) is 29.8 Å². The summed E-state index contributed by atoms with van der Waals surface area (Å²) in [7, 11) is -3.59. The molecule has 5 N–H and O–H groups in total. The second-order valence-corrected chi connectivity index (χ2v) is 7.92. The van der Waals surface area contributed by atoms with E-state index in [0.29, 0.717) is 11.3 Å². The number of benzene rings is 1. The molecule has 2 atom stereocenters. The Kier molecular flexibility index (Phi) is 4.89. The Bertz CT molecular complexity index is 656. The van der Waals surface area contributed by atoms with Crippen molar-refractivity contribution in [3.63, 3.8) is 0 Å². The van der Waals surface area contributed by atoms with Crippen molar-refractivity contribution in [2.75, 3.05) is 5.32 Å². The van der Waals surface area contributed by atoms with E-state index in [-0.39, 0.29) is 17.6 Å². The van der Waals surface area contributed by atoms with Gasteiger partial charge in [0.15, 0.2) is 0 Å². The second-order valence-electron chi connectivity index (χ2n) is 6.30. The van der Waals surface area contributed by atoms with E-state index in [1.54, 1.807) is 24.3 Å². The highest BCUT2D eigenvalue weighted by Gasteiger charge is 2.37. The van der Waals surface area contributed by atoms with Gasteiger partial charge in [-0.1, -0.05) is 25.0 Å². The molecule has 0 aromatic heterocycles. The van der Waals surface area contributed by atoms with Crippen LogP contribution in [0.5, 0.6) is 0 Å². The number of nitrogens with two attached hydrogens (primary N) is 2. The van der Waals surface area contributed by atoms with E-state index in [2.05, 4.69) is 5.32 Å². The average molecular weight is 325 g/mol. The van der Waals surface area contributed by atoms with Crippen LogP contribution < -0.4 is 16.2 Å². The number of primary sulfonamides is 1. The molecule has 1 fully saturated rings. The number of nitrogens with one attached hydrogen (secondary N) is 1. The smallest absolute Gasteiger partial charge is 0.229 e. The Labute approximate surface area is 131 Å². The highest BCUT2D eigenvalue weighted by molar-refractivity contribution is 7.88. The van der Waals surface area contributed by atoms with Crippen molar-refractivity contribution in [1.82, 2.24) is 0 Å². The molecule has 0 aliphatic heterocycles. The van der Waals surface area contributed by atoms with E-state index in [9.17, 15) is 13.2 Å². The van der Waals surface area contributed by atoms with Gasteiger partial charge in [0.05, 0.1) is 11.7 Å². The summed E-state index contributed by atoms with van der Waals surface area (Å²) in [6, 6.07) is 6.70. The highest BCUT2D eigenvalue weighted by Crippen LogP contribution is 2.32. The molecule has 0 radical (unpaired) electrons. The average Bonchev–Trinajstić information content (AvgIpc) is 2.36. The van der Waals surface area contributed by atoms with Crippen LogP contribution in [0, 0.1) is 5.92 Å². The van der Waals surface area contributed by atoms with Crippen LogP contribution in [0.4, 0.5) is 5.69 Å². The largest absolute Gasteiger partial charge is 0.326 e. The number of sulfonamides is 1. The van der Waals surface area contributed by atoms with Gasteiger partial charge < -0.3 is 11.1 Å². The zero-order valence-corrected chi connectivity index (χ0v) is 13.5. The van der Waals surface area contributed by atoms with E-state index >= 15 is 0 Å². The predicted molar refractivity (Wildman–Crippen MR) is 86.4 cm³/mol. The molecule has 7 heteroatoms. The van der Waals surface area contributed by atoms with Gasteiger partial charge in [-0.05, 0) is 37.5 Å². The maximum Gasteiger partial charge on any atom is 0.229 e. The standard InChI is InChI=1S/C15H23N3O3S/c1-15(16)8-3-2-7-13(15)14(19)18-12-6-4-5-11(9-12)10-22(17,20)21/h4-6,9,13H,2-3,7-8,10,16H2,1H3,(H,18,19)(H2,17,20,21). The maximum atomic E-state index is 12.4. The fourth-order valence-corrected chi connectivity index (χ4v) is 3.63. The molecule has 1 aliphatic carbocycles. The zero-order valence-electron chi connectivity index (χ0n) is 12.7. The van der Waals surface area contributed by atoms with Gasteiger partial charge in [-0.2, -0.15) is 0 Å². The molecule has 1 aromatic carbocycles. The van der Waals surface area contributed by atoms with Crippen LogP contribution >= 0.6 is 0 Å². The molecule has 22 heavy (non-hydrogen) atoms. The summed E-state index contributed by atoms with van der Waals surface area (Å²) >= 11 is 0. The van der Waals surface area contributed by atoms with Gasteiger partial charge >= 0.3 is 0 Å². The van der Waals surface area contributed by atoms with Gasteiger partial charge in [-0.15, -0.1) is 0 Å². The van der Waals surface area contributed by atoms with Crippen LogP contribution in [0.2, 0.25) is 0 Å². The second kappa shape index (κ2) is 6.36. The first kappa shape index (κ1) is 16.9. The Balaban J connectivity index is 2.10. The predicted octanol–water partition coefficient (Wildman–Crippen LogP) is 1.32. The summed E-state index contributed by atoms with van der Waals surface area (Å²) in [4.78, 5) is 12.4. The van der Waals surface area contributed by atoms with Crippen LogP contribution in [0.3, 0.4) is 0 Å². The Morgan fingerprint density at radius 2 is 2.14 bits per heavy atom. The van der Waals surface area contributed by atoms with Crippen molar-refractivity contribution in [1.29, 1.82) is 0 Å². The number of amides is 1. The normalized spacial score (nSPS) is 25.7. The number of carbonyl (C=O) groups is 1. The molecule has 0 spiro atoms. The first-order chi connectivity index (χ1) is 10.2. The fraction of sp³-hybridized carbons (Fsp3) is 0.533. The third-order valence-corrected chi connectivity index (χ3v) is 4.87. The molecule has 6 nitrogen and oxygen atoms in total. The summed E-state index contributed by atoms with van der Waals surface area (Å²) in [6.45, 7) is 1.91. The molecule has 1 saturated carbocycles. The minimum atomic E-state index is -3.59. The highest BCUT2D eigenvalue weighted by atomic mass is 32.2. The lowest BCUT2D eigenvalue weighted by atomic mass is 9.74. The lowest BCUT2D eigenvalue weighted by Gasteiger charge is -2.37. The summed E-state index contributed by atoms with van der Waals surface area (Å²) in [5.41, 5.74) is 6.84. The molecule has 2 rings (SSSR count). The van der Waals surface area contributed by atoms with Gasteiger partial charge in [0, 0.05) is 11.2 Å². The number of rotatable bonds is 4. The van der Waals surface area contributed by atoms with Crippen LogP contribution in [-0.4, -0.2) is 19.9 Å². The van der Waals surface area contributed by atoms with E-state index < -0.39 is 15.6 Å². The third-order valence-electron chi connectivity index (χ3n) is 4.13. The summed E-state index contributed by atoms with van der Waals surface area (Å²) in [6.07, 6.45) is 3.64. The Morgan fingerprint density at radius 3 is 2.77 bits per heavy atom. The Morgan fingerprint density at radius 1 is 1.41 bits per heavy atom. The molecule has 2 unspecified atom stereocenters. The fourth-order valence-electron chi connectivity index (χ4n) is 2.99. The molecule has 0 saturated heterocycles. The first-order valence-electron chi connectivity index (χ1n) is 7.36. The monoisotopic (exact) mass is 325 g/mol. The summed E-state index contributed by atoms with van der Waals surface area (Å²) in [5.74, 6) is -0.602. The quantitative estimate of drug-likeness (QED) is 0.774. The van der Waals surface area contributed by atoms with Crippen molar-refractivity contribution >= 4 is 21.6 Å². The lowest BCUT2D eigenvalue weighted by molar-refractivity contribution is -0.122. The molecule has 1 amide bonds. The van der Waals surface area contributed by atoms with E-state index in [1.807, 2.05) is 6.92 Å². The number of carbonyl (C=O) groups excluding carboxylic acids is 1. The topological polar surface area (TPSA) is 115 Å². The van der Waals surface area contributed by atoms with Crippen LogP contribution in [0.25, 0.3) is 0 Å². The van der Waals surface area contributed by atoms with Gasteiger partial charge in [-0.25, -0.2) is 13.6 Å². The van der Waals surface area contributed by atoms with Crippen molar-refractivity contribution in [2.45, 2.75) is 43.9 Å². The van der Waals surface area contributed by atoms with Crippen molar-refractivity contribution < 1.29 is 13.2 Å². The van der Waals surface area contributed by atoms with Crippen LogP contribution in [-0.2, 0) is 20.6 Å². The van der Waals surface area contributed by atoms with Crippen molar-refractivity contribution in [2.24, 2.45) is 16.8 Å². The number of hydrogen-bond donors (Lipinski definition) is 3. The Hall–Kier alpha value is -1.44. The van der Waals surface area contributed by atoms with E-state index in [0.717, 1.165) is 25.7 Å². The molecule has 0 bridgehead atoms. The molecular weight excluding hydrogens is 302 g/mol. The molecular formula is C15H23N3O3S. The van der Waals surface area contributed by atoms with Gasteiger partial charge in [-0.3, -0.25) is 4.79 Å². The van der Waals surface area contributed by atoms with E-state index in [4.69, 9.17) is 10.9 Å². The van der Waals surface area contributed by atoms with Gasteiger partial charge in [0.2, 0.25) is 15.9 Å². The minimum absolute atomic E-state index is 0.113. The molecule has 122 valence electrons. The van der Waals surface area contributed by atoms with Gasteiger partial charge in [0.25, 0.3) is 0 Å². The maximum absolute atomic E-state index is 12.4. The number of anilines is 1. The van der Waals surface area contributed by atoms with Crippen LogP contribution in [0.15, 0.2) is 24.3 Å². The van der Waals surface area contributed by atoms with Crippen LogP contribution in [0.1, 0.15) is 38.2 Å². The first-order valence-corrected chi connectivity index (χ1v) is 9.08.